The van der Waals surface area contributed by atoms with Crippen LogP contribution in [0.4, 0.5) is 15.9 Å². The van der Waals surface area contributed by atoms with E-state index in [1.807, 2.05) is 0 Å². The van der Waals surface area contributed by atoms with Crippen molar-refractivity contribution in [1.29, 1.82) is 0 Å². The third kappa shape index (κ3) is 4.84. The van der Waals surface area contributed by atoms with Crippen molar-refractivity contribution in [3.05, 3.63) is 63.5 Å². The van der Waals surface area contributed by atoms with Crippen LogP contribution in [0.5, 0.6) is 5.75 Å². The number of nitrogens with one attached hydrogen (secondary N) is 1. The molecule has 1 aromatic heterocycles. The van der Waals surface area contributed by atoms with Gasteiger partial charge in [0.05, 0.1) is 15.2 Å². The summed E-state index contributed by atoms with van der Waals surface area (Å²) in [5.41, 5.74) is 6.29. The molecule has 0 bridgehead atoms. The first-order valence-electron chi connectivity index (χ1n) is 7.73. The summed E-state index contributed by atoms with van der Waals surface area (Å²) in [6.45, 7) is -0.321. The first kappa shape index (κ1) is 19.8. The van der Waals surface area contributed by atoms with Gasteiger partial charge < -0.3 is 15.8 Å². The number of anilines is 1. The normalized spacial score (nSPS) is 11.3. The molecule has 0 atom stereocenters. The lowest BCUT2D eigenvalue weighted by Crippen LogP contribution is -2.23. The van der Waals surface area contributed by atoms with E-state index in [0.717, 1.165) is 0 Å². The third-order valence-electron chi connectivity index (χ3n) is 3.34. The SMILES string of the molecule is NC(=Nc1ccc(F)c(Br)c1)c1nonc1NC(=O)COc1ccccc1Cl. The second-order valence-electron chi connectivity index (χ2n) is 5.32. The molecule has 0 spiro atoms. The standard InChI is InChI=1S/C17H12BrClFN5O3/c18-10-7-9(5-6-12(10)20)22-16(21)15-17(25-28-24-15)23-14(26)8-27-13-4-2-1-3-11(13)19/h1-7H,8H2,(H2,21,22)(H,23,25,26). The summed E-state index contributed by atoms with van der Waals surface area (Å²) in [5.74, 6) is -0.723. The fourth-order valence-electron chi connectivity index (χ4n) is 2.06. The number of amidine groups is 1. The Morgan fingerprint density at radius 3 is 2.86 bits per heavy atom. The number of nitrogens with zero attached hydrogens (tertiary/aromatic N) is 3. The minimum absolute atomic E-state index is 0.0199. The lowest BCUT2D eigenvalue weighted by molar-refractivity contribution is -0.118. The highest BCUT2D eigenvalue weighted by molar-refractivity contribution is 9.10. The van der Waals surface area contributed by atoms with Gasteiger partial charge in [0.2, 0.25) is 5.82 Å². The molecule has 3 N–H and O–H groups in total. The summed E-state index contributed by atoms with van der Waals surface area (Å²) in [5, 5.41) is 10.1. The number of aliphatic imine (C=N–C) groups is 1. The second kappa shape index (κ2) is 8.81. The van der Waals surface area contributed by atoms with E-state index in [0.29, 0.717) is 16.5 Å². The van der Waals surface area contributed by atoms with Gasteiger partial charge >= 0.3 is 0 Å². The lowest BCUT2D eigenvalue weighted by Gasteiger charge is -2.07. The van der Waals surface area contributed by atoms with Gasteiger partial charge in [-0.05, 0) is 56.6 Å². The number of halogens is 3. The van der Waals surface area contributed by atoms with Gasteiger partial charge in [-0.2, -0.15) is 0 Å². The van der Waals surface area contributed by atoms with E-state index < -0.39 is 11.7 Å². The molecule has 11 heteroatoms. The summed E-state index contributed by atoms with van der Waals surface area (Å²) in [6, 6.07) is 10.8. The average molecular weight is 469 g/mol. The molecule has 3 rings (SSSR count). The van der Waals surface area contributed by atoms with E-state index in [1.54, 1.807) is 24.3 Å². The first-order valence-corrected chi connectivity index (χ1v) is 8.90. The number of benzene rings is 2. The molecule has 0 saturated carbocycles. The predicted octanol–water partition coefficient (Wildman–Crippen LogP) is 3.68. The summed E-state index contributed by atoms with van der Waals surface area (Å²) < 4.78 is 23.5. The van der Waals surface area contributed by atoms with Crippen LogP contribution < -0.4 is 15.8 Å². The molecular weight excluding hydrogens is 457 g/mol. The van der Waals surface area contributed by atoms with Crippen molar-refractivity contribution in [3.63, 3.8) is 0 Å². The van der Waals surface area contributed by atoms with E-state index >= 15 is 0 Å². The first-order chi connectivity index (χ1) is 13.4. The van der Waals surface area contributed by atoms with Crippen LogP contribution in [0.2, 0.25) is 5.02 Å². The summed E-state index contributed by atoms with van der Waals surface area (Å²) in [7, 11) is 0. The molecule has 2 aromatic carbocycles. The number of hydrogen-bond acceptors (Lipinski definition) is 6. The highest BCUT2D eigenvalue weighted by atomic mass is 79.9. The van der Waals surface area contributed by atoms with Crippen molar-refractivity contribution in [2.75, 3.05) is 11.9 Å². The molecular formula is C17H12BrClFN5O3. The van der Waals surface area contributed by atoms with Crippen molar-refractivity contribution in [3.8, 4) is 5.75 Å². The minimum atomic E-state index is -0.533. The van der Waals surface area contributed by atoms with E-state index in [9.17, 15) is 9.18 Å². The molecule has 0 aliphatic heterocycles. The smallest absolute Gasteiger partial charge is 0.263 e. The molecule has 144 valence electrons. The van der Waals surface area contributed by atoms with Gasteiger partial charge in [0.1, 0.15) is 11.6 Å². The van der Waals surface area contributed by atoms with Crippen LogP contribution in [0.15, 0.2) is 56.6 Å². The number of amides is 1. The van der Waals surface area contributed by atoms with E-state index in [-0.39, 0.29) is 28.4 Å². The summed E-state index contributed by atoms with van der Waals surface area (Å²) >= 11 is 9.02. The van der Waals surface area contributed by atoms with Crippen LogP contribution in [-0.4, -0.2) is 28.7 Å². The quantitative estimate of drug-likeness (QED) is 0.421. The Kier molecular flexibility index (Phi) is 6.22. The number of para-hydroxylation sites is 1. The van der Waals surface area contributed by atoms with Gasteiger partial charge in [-0.15, -0.1) is 0 Å². The van der Waals surface area contributed by atoms with Gasteiger partial charge in [-0.1, -0.05) is 23.7 Å². The second-order valence-corrected chi connectivity index (χ2v) is 6.59. The van der Waals surface area contributed by atoms with Gasteiger partial charge in [0, 0.05) is 0 Å². The fourth-order valence-corrected chi connectivity index (χ4v) is 2.62. The van der Waals surface area contributed by atoms with Gasteiger partial charge in [-0.3, -0.25) is 4.79 Å². The molecule has 1 amide bonds. The topological polar surface area (TPSA) is 116 Å². The summed E-state index contributed by atoms with van der Waals surface area (Å²) in [4.78, 5) is 16.2. The lowest BCUT2D eigenvalue weighted by atomic mass is 10.3. The third-order valence-corrected chi connectivity index (χ3v) is 4.26. The van der Waals surface area contributed by atoms with Crippen LogP contribution in [-0.2, 0) is 4.79 Å². The number of carbonyl (C=O) groups is 1. The minimum Gasteiger partial charge on any atom is -0.482 e. The maximum Gasteiger partial charge on any atom is 0.263 e. The Morgan fingerprint density at radius 1 is 1.32 bits per heavy atom. The molecule has 0 radical (unpaired) electrons. The van der Waals surface area contributed by atoms with Gasteiger partial charge in [-0.25, -0.2) is 14.0 Å². The van der Waals surface area contributed by atoms with Crippen molar-refractivity contribution in [2.24, 2.45) is 10.7 Å². The van der Waals surface area contributed by atoms with Crippen molar-refractivity contribution < 1.29 is 18.6 Å². The highest BCUT2D eigenvalue weighted by Crippen LogP contribution is 2.24. The molecule has 0 unspecified atom stereocenters. The Bertz CT molecular complexity index is 1040. The Morgan fingerprint density at radius 2 is 2.11 bits per heavy atom. The fraction of sp³-hybridized carbons (Fsp3) is 0.0588. The number of aromatic nitrogens is 2. The zero-order valence-corrected chi connectivity index (χ0v) is 16.4. The van der Waals surface area contributed by atoms with Crippen LogP contribution in [0, 0.1) is 5.82 Å². The molecule has 3 aromatic rings. The highest BCUT2D eigenvalue weighted by Gasteiger charge is 2.17. The zero-order chi connectivity index (χ0) is 20.1. The van der Waals surface area contributed by atoms with Crippen LogP contribution in [0.25, 0.3) is 0 Å². The van der Waals surface area contributed by atoms with E-state index in [4.69, 9.17) is 22.1 Å². The molecule has 0 saturated heterocycles. The average Bonchev–Trinajstić information content (AvgIpc) is 3.12. The van der Waals surface area contributed by atoms with E-state index in [2.05, 4.69) is 41.2 Å². The van der Waals surface area contributed by atoms with Crippen molar-refractivity contribution in [2.45, 2.75) is 0 Å². The molecule has 8 nitrogen and oxygen atoms in total. The van der Waals surface area contributed by atoms with Crippen LogP contribution in [0.3, 0.4) is 0 Å². The molecule has 28 heavy (non-hydrogen) atoms. The van der Waals surface area contributed by atoms with Crippen LogP contribution in [0.1, 0.15) is 5.69 Å². The Balaban J connectivity index is 1.69. The monoisotopic (exact) mass is 467 g/mol. The number of nitrogens with two attached hydrogens (primary N) is 1. The summed E-state index contributed by atoms with van der Waals surface area (Å²) in [6.07, 6.45) is 0. The van der Waals surface area contributed by atoms with Gasteiger partial charge in [0.15, 0.2) is 18.1 Å². The number of ether oxygens (including phenoxy) is 1. The number of rotatable bonds is 6. The molecule has 0 aliphatic carbocycles. The molecule has 1 heterocycles. The van der Waals surface area contributed by atoms with Crippen molar-refractivity contribution in [1.82, 2.24) is 10.3 Å². The largest absolute Gasteiger partial charge is 0.482 e. The van der Waals surface area contributed by atoms with Gasteiger partial charge in [0.25, 0.3) is 5.91 Å². The zero-order valence-electron chi connectivity index (χ0n) is 14.0. The van der Waals surface area contributed by atoms with E-state index in [1.165, 1.54) is 18.2 Å². The maximum absolute atomic E-state index is 13.3. The molecule has 0 fully saturated rings. The Hall–Kier alpha value is -2.98. The predicted molar refractivity (Wildman–Crippen MR) is 104 cm³/mol. The number of hydrogen-bond donors (Lipinski definition) is 2. The molecule has 0 aliphatic rings. The Labute approximate surface area is 171 Å². The van der Waals surface area contributed by atoms with Crippen LogP contribution >= 0.6 is 27.5 Å². The van der Waals surface area contributed by atoms with Crippen molar-refractivity contribution >= 4 is 50.8 Å². The maximum atomic E-state index is 13.3. The number of carbonyl (C=O) groups excluding carboxylic acids is 1.